The number of hydrogen-bond acceptors (Lipinski definition) is 7. The lowest BCUT2D eigenvalue weighted by Crippen LogP contribution is -2.40. The smallest absolute Gasteiger partial charge is 0.248 e. The first-order chi connectivity index (χ1) is 14.5. The summed E-state index contributed by atoms with van der Waals surface area (Å²) in [6.45, 7) is 5.60. The second kappa shape index (κ2) is 10.9. The average Bonchev–Trinajstić information content (AvgIpc) is 3.19. The molecule has 9 heteroatoms. The van der Waals surface area contributed by atoms with Crippen molar-refractivity contribution in [1.82, 2.24) is 15.2 Å². The molecule has 2 aromatic rings. The lowest BCUT2D eigenvalue weighted by molar-refractivity contribution is -0.123. The summed E-state index contributed by atoms with van der Waals surface area (Å²) in [5.41, 5.74) is 1.77. The van der Waals surface area contributed by atoms with Crippen molar-refractivity contribution in [2.24, 2.45) is 0 Å². The topological polar surface area (TPSA) is 92.8 Å². The molecule has 1 aromatic carbocycles. The normalized spacial score (nSPS) is 15.7. The van der Waals surface area contributed by atoms with E-state index in [9.17, 15) is 9.59 Å². The Morgan fingerprint density at radius 2 is 2.03 bits per heavy atom. The lowest BCUT2D eigenvalue weighted by atomic mass is 10.2. The van der Waals surface area contributed by atoms with Crippen molar-refractivity contribution in [3.63, 3.8) is 0 Å². The van der Waals surface area contributed by atoms with E-state index in [4.69, 9.17) is 9.47 Å². The minimum absolute atomic E-state index is 0.312. The Labute approximate surface area is 179 Å². The summed E-state index contributed by atoms with van der Waals surface area (Å²) in [4.78, 5) is 31.2. The van der Waals surface area contributed by atoms with Crippen LogP contribution in [0.1, 0.15) is 18.2 Å². The monoisotopic (exact) mass is 430 g/mol. The van der Waals surface area contributed by atoms with Gasteiger partial charge < -0.3 is 20.1 Å². The number of aromatic nitrogens is 1. The SMILES string of the molecule is COc1ccc(/C=C/C(=O)NC(C)C(=O)Nc2nc(CN3CCOCC3)cs2)cc1. The molecule has 0 bridgehead atoms. The quantitative estimate of drug-likeness (QED) is 0.624. The van der Waals surface area contributed by atoms with Gasteiger partial charge in [0.15, 0.2) is 5.13 Å². The van der Waals surface area contributed by atoms with E-state index in [2.05, 4.69) is 20.5 Å². The van der Waals surface area contributed by atoms with Crippen LogP contribution in [0.3, 0.4) is 0 Å². The predicted octanol–water partition coefficient (Wildman–Crippen LogP) is 2.14. The molecule has 30 heavy (non-hydrogen) atoms. The summed E-state index contributed by atoms with van der Waals surface area (Å²) in [6, 6.07) is 6.62. The summed E-state index contributed by atoms with van der Waals surface area (Å²) in [5.74, 6) is 0.0891. The molecule has 160 valence electrons. The molecule has 0 radical (unpaired) electrons. The highest BCUT2D eigenvalue weighted by molar-refractivity contribution is 7.13. The molecule has 1 aliphatic rings. The maximum Gasteiger partial charge on any atom is 0.248 e. The number of ether oxygens (including phenoxy) is 2. The fourth-order valence-electron chi connectivity index (χ4n) is 2.85. The first kappa shape index (κ1) is 21.9. The molecule has 2 N–H and O–H groups in total. The van der Waals surface area contributed by atoms with Crippen LogP contribution in [0.5, 0.6) is 5.75 Å². The molecular weight excluding hydrogens is 404 g/mol. The summed E-state index contributed by atoms with van der Waals surface area (Å²) in [7, 11) is 1.60. The van der Waals surface area contributed by atoms with Crippen LogP contribution < -0.4 is 15.4 Å². The summed E-state index contributed by atoms with van der Waals surface area (Å²) >= 11 is 1.38. The summed E-state index contributed by atoms with van der Waals surface area (Å²) in [5, 5.41) is 7.88. The molecule has 1 aromatic heterocycles. The average molecular weight is 431 g/mol. The van der Waals surface area contributed by atoms with Crippen LogP contribution in [0.15, 0.2) is 35.7 Å². The molecule has 1 saturated heterocycles. The van der Waals surface area contributed by atoms with Gasteiger partial charge in [-0.2, -0.15) is 0 Å². The Hall–Kier alpha value is -2.75. The Morgan fingerprint density at radius 3 is 2.73 bits per heavy atom. The van der Waals surface area contributed by atoms with Gasteiger partial charge in [0.05, 0.1) is 26.0 Å². The van der Waals surface area contributed by atoms with Crippen LogP contribution in [0.4, 0.5) is 5.13 Å². The minimum atomic E-state index is -0.690. The molecule has 1 unspecified atom stereocenters. The van der Waals surface area contributed by atoms with Gasteiger partial charge in [0.2, 0.25) is 11.8 Å². The number of methoxy groups -OCH3 is 1. The van der Waals surface area contributed by atoms with Gasteiger partial charge in [-0.1, -0.05) is 12.1 Å². The van der Waals surface area contributed by atoms with Crippen LogP contribution in [0.2, 0.25) is 0 Å². The van der Waals surface area contributed by atoms with Crippen LogP contribution in [0.25, 0.3) is 6.08 Å². The Balaban J connectivity index is 1.45. The largest absolute Gasteiger partial charge is 0.497 e. The summed E-state index contributed by atoms with van der Waals surface area (Å²) in [6.07, 6.45) is 3.08. The zero-order valence-corrected chi connectivity index (χ0v) is 17.9. The van der Waals surface area contributed by atoms with Crippen molar-refractivity contribution in [2.45, 2.75) is 19.5 Å². The zero-order valence-electron chi connectivity index (χ0n) is 17.1. The van der Waals surface area contributed by atoms with Crippen LogP contribution >= 0.6 is 11.3 Å². The van der Waals surface area contributed by atoms with E-state index in [1.54, 1.807) is 20.1 Å². The van der Waals surface area contributed by atoms with Gasteiger partial charge in [-0.25, -0.2) is 4.98 Å². The zero-order chi connectivity index (χ0) is 21.3. The molecule has 0 aliphatic carbocycles. The van der Waals surface area contributed by atoms with Gasteiger partial charge in [-0.05, 0) is 30.7 Å². The predicted molar refractivity (Wildman–Crippen MR) is 116 cm³/mol. The minimum Gasteiger partial charge on any atom is -0.497 e. The second-order valence-corrected chi connectivity index (χ2v) is 7.72. The molecular formula is C21H26N4O4S. The molecule has 3 rings (SSSR count). The molecule has 1 aliphatic heterocycles. The molecule has 2 heterocycles. The number of thiazole rings is 1. The van der Waals surface area contributed by atoms with Crippen molar-refractivity contribution in [2.75, 3.05) is 38.7 Å². The van der Waals surface area contributed by atoms with E-state index in [1.165, 1.54) is 17.4 Å². The van der Waals surface area contributed by atoms with Gasteiger partial charge >= 0.3 is 0 Å². The van der Waals surface area contributed by atoms with E-state index in [1.807, 2.05) is 29.6 Å². The van der Waals surface area contributed by atoms with Crippen molar-refractivity contribution in [3.8, 4) is 5.75 Å². The van der Waals surface area contributed by atoms with Crippen molar-refractivity contribution in [3.05, 3.63) is 47.0 Å². The standard InChI is InChI=1S/C21H26N4O4S/c1-15(22-19(26)8-5-16-3-6-18(28-2)7-4-16)20(27)24-21-23-17(14-30-21)13-25-9-11-29-12-10-25/h3-8,14-15H,9-13H2,1-2H3,(H,22,26)(H,23,24,27)/b8-5+. The van der Waals surface area contributed by atoms with Crippen molar-refractivity contribution < 1.29 is 19.1 Å². The van der Waals surface area contributed by atoms with Crippen LogP contribution in [-0.4, -0.2) is 61.2 Å². The third kappa shape index (κ3) is 6.65. The number of carbonyl (C=O) groups is 2. The summed E-state index contributed by atoms with van der Waals surface area (Å²) < 4.78 is 10.4. The maximum atomic E-state index is 12.4. The molecule has 0 saturated carbocycles. The highest BCUT2D eigenvalue weighted by Crippen LogP contribution is 2.17. The number of amides is 2. The van der Waals surface area contributed by atoms with E-state index >= 15 is 0 Å². The first-order valence-electron chi connectivity index (χ1n) is 9.71. The van der Waals surface area contributed by atoms with E-state index in [0.29, 0.717) is 5.13 Å². The maximum absolute atomic E-state index is 12.4. The number of rotatable bonds is 8. The van der Waals surface area contributed by atoms with Gasteiger partial charge in [-0.15, -0.1) is 11.3 Å². The van der Waals surface area contributed by atoms with Gasteiger partial charge in [0, 0.05) is 31.1 Å². The van der Waals surface area contributed by atoms with E-state index < -0.39 is 6.04 Å². The first-order valence-corrected chi connectivity index (χ1v) is 10.6. The fourth-order valence-corrected chi connectivity index (χ4v) is 3.56. The molecule has 1 atom stereocenters. The molecule has 2 amide bonds. The Bertz CT molecular complexity index is 875. The van der Waals surface area contributed by atoms with Gasteiger partial charge in [-0.3, -0.25) is 14.5 Å². The highest BCUT2D eigenvalue weighted by Gasteiger charge is 2.17. The number of anilines is 1. The number of morpholine rings is 1. The number of nitrogens with one attached hydrogen (secondary N) is 2. The highest BCUT2D eigenvalue weighted by atomic mass is 32.1. The Kier molecular flexibility index (Phi) is 7.95. The fraction of sp³-hybridized carbons (Fsp3) is 0.381. The molecule has 0 spiro atoms. The van der Waals surface area contributed by atoms with Gasteiger partial charge in [0.1, 0.15) is 11.8 Å². The van der Waals surface area contributed by atoms with Crippen molar-refractivity contribution in [1.29, 1.82) is 0 Å². The number of nitrogens with zero attached hydrogens (tertiary/aromatic N) is 2. The number of hydrogen-bond donors (Lipinski definition) is 2. The third-order valence-electron chi connectivity index (χ3n) is 4.57. The lowest BCUT2D eigenvalue weighted by Gasteiger charge is -2.25. The van der Waals surface area contributed by atoms with Crippen LogP contribution in [-0.2, 0) is 20.9 Å². The number of benzene rings is 1. The van der Waals surface area contributed by atoms with Gasteiger partial charge in [0.25, 0.3) is 0 Å². The van der Waals surface area contributed by atoms with E-state index in [0.717, 1.165) is 49.9 Å². The van der Waals surface area contributed by atoms with E-state index in [-0.39, 0.29) is 11.8 Å². The second-order valence-electron chi connectivity index (χ2n) is 6.86. The Morgan fingerprint density at radius 1 is 1.30 bits per heavy atom. The molecule has 8 nitrogen and oxygen atoms in total. The van der Waals surface area contributed by atoms with Crippen LogP contribution in [0, 0.1) is 0 Å². The third-order valence-corrected chi connectivity index (χ3v) is 5.37. The number of carbonyl (C=O) groups excluding carboxylic acids is 2. The molecule has 1 fully saturated rings. The van der Waals surface area contributed by atoms with Crippen molar-refractivity contribution >= 4 is 34.4 Å².